The number of carbonyl (C=O) groups is 3. The standard InChI is InChI=1S/C23H21N3O4/c27-21-8-1-2-13-26(21)19-11-9-16(10-12-19)22(28)24-17-5-3-6-18(15-17)25-23(29)20-7-4-14-30-20/h3-7,9-12,14-15H,1-2,8,13H2,(H,24,28)(H,25,29). The molecular weight excluding hydrogens is 382 g/mol. The molecule has 30 heavy (non-hydrogen) atoms. The maximum Gasteiger partial charge on any atom is 0.291 e. The summed E-state index contributed by atoms with van der Waals surface area (Å²) < 4.78 is 5.07. The maximum absolute atomic E-state index is 12.6. The predicted molar refractivity (Wildman–Crippen MR) is 114 cm³/mol. The van der Waals surface area contributed by atoms with Crippen molar-refractivity contribution in [3.05, 3.63) is 78.3 Å². The average Bonchev–Trinajstić information content (AvgIpc) is 3.30. The fourth-order valence-corrected chi connectivity index (χ4v) is 3.35. The van der Waals surface area contributed by atoms with Crippen molar-refractivity contribution < 1.29 is 18.8 Å². The Kier molecular flexibility index (Phi) is 5.61. The molecule has 0 saturated carbocycles. The Bertz CT molecular complexity index is 1060. The van der Waals surface area contributed by atoms with Gasteiger partial charge in [0.2, 0.25) is 5.91 Å². The Morgan fingerprint density at radius 1 is 0.867 bits per heavy atom. The van der Waals surface area contributed by atoms with E-state index in [0.29, 0.717) is 29.9 Å². The Morgan fingerprint density at radius 3 is 2.27 bits per heavy atom. The quantitative estimate of drug-likeness (QED) is 0.664. The Balaban J connectivity index is 1.41. The van der Waals surface area contributed by atoms with Gasteiger partial charge in [-0.1, -0.05) is 6.07 Å². The molecule has 0 atom stereocenters. The van der Waals surface area contributed by atoms with E-state index in [1.165, 1.54) is 6.26 Å². The summed E-state index contributed by atoms with van der Waals surface area (Å²) in [7, 11) is 0. The number of piperidine rings is 1. The van der Waals surface area contributed by atoms with Gasteiger partial charge in [0.1, 0.15) is 0 Å². The van der Waals surface area contributed by atoms with E-state index < -0.39 is 0 Å². The van der Waals surface area contributed by atoms with Gasteiger partial charge in [-0.15, -0.1) is 0 Å². The predicted octanol–water partition coefficient (Wildman–Crippen LogP) is 4.30. The molecule has 1 aliphatic rings. The largest absolute Gasteiger partial charge is 0.459 e. The third-order valence-electron chi connectivity index (χ3n) is 4.89. The van der Waals surface area contributed by atoms with Crippen molar-refractivity contribution in [2.24, 2.45) is 0 Å². The van der Waals surface area contributed by atoms with E-state index in [9.17, 15) is 14.4 Å². The zero-order chi connectivity index (χ0) is 20.9. The van der Waals surface area contributed by atoms with Gasteiger partial charge in [-0.3, -0.25) is 14.4 Å². The van der Waals surface area contributed by atoms with Crippen LogP contribution in [0.5, 0.6) is 0 Å². The van der Waals surface area contributed by atoms with Gasteiger partial charge in [-0.05, 0) is 67.4 Å². The van der Waals surface area contributed by atoms with Crippen LogP contribution in [0.1, 0.15) is 40.2 Å². The maximum atomic E-state index is 12.6. The summed E-state index contributed by atoms with van der Waals surface area (Å²) in [6.07, 6.45) is 3.91. The van der Waals surface area contributed by atoms with E-state index in [1.807, 2.05) is 0 Å². The molecule has 2 aromatic carbocycles. The van der Waals surface area contributed by atoms with Gasteiger partial charge in [-0.2, -0.15) is 0 Å². The summed E-state index contributed by atoms with van der Waals surface area (Å²) in [4.78, 5) is 38.5. The first kappa shape index (κ1) is 19.4. The van der Waals surface area contributed by atoms with Crippen LogP contribution in [0.15, 0.2) is 71.3 Å². The fraction of sp³-hybridized carbons (Fsp3) is 0.174. The number of rotatable bonds is 5. The van der Waals surface area contributed by atoms with Crippen LogP contribution in [-0.4, -0.2) is 24.3 Å². The Labute approximate surface area is 173 Å². The molecule has 2 N–H and O–H groups in total. The zero-order valence-electron chi connectivity index (χ0n) is 16.3. The molecule has 0 aliphatic carbocycles. The van der Waals surface area contributed by atoms with Crippen molar-refractivity contribution in [2.75, 3.05) is 22.1 Å². The first-order valence-corrected chi connectivity index (χ1v) is 9.77. The molecule has 7 heteroatoms. The average molecular weight is 403 g/mol. The number of hydrogen-bond donors (Lipinski definition) is 2. The lowest BCUT2D eigenvalue weighted by atomic mass is 10.1. The first-order valence-electron chi connectivity index (χ1n) is 9.77. The second-order valence-corrected chi connectivity index (χ2v) is 7.02. The second kappa shape index (κ2) is 8.65. The van der Waals surface area contributed by atoms with E-state index in [4.69, 9.17) is 4.42 Å². The molecule has 7 nitrogen and oxygen atoms in total. The number of nitrogens with zero attached hydrogens (tertiary/aromatic N) is 1. The van der Waals surface area contributed by atoms with Crippen molar-refractivity contribution >= 4 is 34.8 Å². The van der Waals surface area contributed by atoms with Crippen molar-refractivity contribution in [3.8, 4) is 0 Å². The third-order valence-corrected chi connectivity index (χ3v) is 4.89. The molecule has 1 saturated heterocycles. The molecule has 0 spiro atoms. The Hall–Kier alpha value is -3.87. The highest BCUT2D eigenvalue weighted by atomic mass is 16.3. The molecule has 1 aliphatic heterocycles. The van der Waals surface area contributed by atoms with Crippen LogP contribution in [0.4, 0.5) is 17.1 Å². The second-order valence-electron chi connectivity index (χ2n) is 7.02. The van der Waals surface area contributed by atoms with E-state index in [1.54, 1.807) is 65.6 Å². The summed E-state index contributed by atoms with van der Waals surface area (Å²) in [5.74, 6) is -0.323. The van der Waals surface area contributed by atoms with Crippen LogP contribution >= 0.6 is 0 Å². The normalized spacial score (nSPS) is 13.7. The van der Waals surface area contributed by atoms with Crippen LogP contribution in [0, 0.1) is 0 Å². The van der Waals surface area contributed by atoms with Gasteiger partial charge in [-0.25, -0.2) is 0 Å². The first-order chi connectivity index (χ1) is 14.6. The summed E-state index contributed by atoms with van der Waals surface area (Å²) in [5, 5.41) is 5.54. The molecule has 3 amide bonds. The van der Waals surface area contributed by atoms with Crippen LogP contribution in [-0.2, 0) is 4.79 Å². The van der Waals surface area contributed by atoms with Gasteiger partial charge in [0, 0.05) is 35.6 Å². The number of carbonyl (C=O) groups excluding carboxylic acids is 3. The molecule has 152 valence electrons. The number of furan rings is 1. The van der Waals surface area contributed by atoms with Gasteiger partial charge in [0.05, 0.1) is 6.26 Å². The van der Waals surface area contributed by atoms with Gasteiger partial charge >= 0.3 is 0 Å². The number of benzene rings is 2. The molecule has 0 bridgehead atoms. The van der Waals surface area contributed by atoms with E-state index in [0.717, 1.165) is 18.5 Å². The fourth-order valence-electron chi connectivity index (χ4n) is 3.35. The monoisotopic (exact) mass is 403 g/mol. The molecule has 4 rings (SSSR count). The minimum Gasteiger partial charge on any atom is -0.459 e. The highest BCUT2D eigenvalue weighted by Crippen LogP contribution is 2.22. The van der Waals surface area contributed by atoms with Gasteiger partial charge in [0.25, 0.3) is 11.8 Å². The molecule has 3 aromatic rings. The zero-order valence-corrected chi connectivity index (χ0v) is 16.3. The third kappa shape index (κ3) is 4.41. The molecule has 1 fully saturated rings. The summed E-state index contributed by atoms with van der Waals surface area (Å²) in [6.45, 7) is 0.709. The number of hydrogen-bond acceptors (Lipinski definition) is 4. The number of anilines is 3. The minimum absolute atomic E-state index is 0.117. The van der Waals surface area contributed by atoms with Crippen molar-refractivity contribution in [3.63, 3.8) is 0 Å². The lowest BCUT2D eigenvalue weighted by Crippen LogP contribution is -2.35. The van der Waals surface area contributed by atoms with Crippen molar-refractivity contribution in [2.45, 2.75) is 19.3 Å². The number of nitrogens with one attached hydrogen (secondary N) is 2. The van der Waals surface area contributed by atoms with E-state index in [2.05, 4.69) is 10.6 Å². The van der Waals surface area contributed by atoms with Crippen molar-refractivity contribution in [1.82, 2.24) is 0 Å². The molecule has 0 radical (unpaired) electrons. The topological polar surface area (TPSA) is 91.7 Å². The summed E-state index contributed by atoms with van der Waals surface area (Å²) in [6, 6.07) is 17.1. The molecule has 2 heterocycles. The van der Waals surface area contributed by atoms with Crippen LogP contribution in [0.25, 0.3) is 0 Å². The lowest BCUT2D eigenvalue weighted by molar-refractivity contribution is -0.119. The summed E-state index contributed by atoms with van der Waals surface area (Å²) >= 11 is 0. The van der Waals surface area contributed by atoms with Crippen molar-refractivity contribution in [1.29, 1.82) is 0 Å². The summed E-state index contributed by atoms with van der Waals surface area (Å²) in [5.41, 5.74) is 2.37. The SMILES string of the molecule is O=C(Nc1cccc(NC(=O)c2ccco2)c1)c1ccc(N2CCCCC2=O)cc1. The Morgan fingerprint density at radius 2 is 1.60 bits per heavy atom. The molecule has 1 aromatic heterocycles. The highest BCUT2D eigenvalue weighted by molar-refractivity contribution is 6.06. The minimum atomic E-state index is -0.369. The van der Waals surface area contributed by atoms with Crippen LogP contribution < -0.4 is 15.5 Å². The van der Waals surface area contributed by atoms with E-state index >= 15 is 0 Å². The van der Waals surface area contributed by atoms with E-state index in [-0.39, 0.29) is 23.5 Å². The lowest BCUT2D eigenvalue weighted by Gasteiger charge is -2.26. The molecular formula is C23H21N3O4. The van der Waals surface area contributed by atoms with Gasteiger partial charge in [0.15, 0.2) is 5.76 Å². The van der Waals surface area contributed by atoms with Crippen LogP contribution in [0.3, 0.4) is 0 Å². The number of amides is 3. The smallest absolute Gasteiger partial charge is 0.291 e. The van der Waals surface area contributed by atoms with Gasteiger partial charge < -0.3 is 20.0 Å². The molecule has 0 unspecified atom stereocenters. The highest BCUT2D eigenvalue weighted by Gasteiger charge is 2.19. The van der Waals surface area contributed by atoms with Crippen LogP contribution in [0.2, 0.25) is 0 Å².